The Morgan fingerprint density at radius 2 is 2.00 bits per heavy atom. The van der Waals surface area contributed by atoms with Crippen LogP contribution in [-0.4, -0.2) is 23.7 Å². The van der Waals surface area contributed by atoms with E-state index in [0.717, 1.165) is 11.1 Å². The van der Waals surface area contributed by atoms with Gasteiger partial charge in [-0.25, -0.2) is 0 Å². The van der Waals surface area contributed by atoms with Gasteiger partial charge in [0, 0.05) is 5.92 Å². The maximum absolute atomic E-state index is 11.6. The van der Waals surface area contributed by atoms with Gasteiger partial charge in [0.15, 0.2) is 0 Å². The van der Waals surface area contributed by atoms with Crippen molar-refractivity contribution in [1.29, 1.82) is 0 Å². The maximum Gasteiger partial charge on any atom is 0.310 e. The van der Waals surface area contributed by atoms with Gasteiger partial charge in [-0.05, 0) is 19.8 Å². The highest BCUT2D eigenvalue weighted by molar-refractivity contribution is 5.84. The average molecular weight is 224 g/mol. The summed E-state index contributed by atoms with van der Waals surface area (Å²) in [5.74, 6) is -2.50. The number of cyclic esters (lactones) is 1. The van der Waals surface area contributed by atoms with Crippen molar-refractivity contribution in [3.05, 3.63) is 11.1 Å². The van der Waals surface area contributed by atoms with Gasteiger partial charge in [0.2, 0.25) is 0 Å². The standard InChI is InChI=1S/C12H16O4/c1-5-6(2)8-4-16-12(15)10(8)9(7(5)3)11(13)14/h7-10H,4H2,1-3H3,(H,13,14)/t7-,8-,9-,10-/m0/s1. The molecule has 4 nitrogen and oxygen atoms in total. The van der Waals surface area contributed by atoms with Gasteiger partial charge < -0.3 is 9.84 Å². The molecule has 0 radical (unpaired) electrons. The van der Waals surface area contributed by atoms with Crippen LogP contribution in [0, 0.1) is 23.7 Å². The Bertz CT molecular complexity index is 382. The molecule has 0 aromatic rings. The van der Waals surface area contributed by atoms with E-state index in [1.165, 1.54) is 0 Å². The summed E-state index contributed by atoms with van der Waals surface area (Å²) in [5.41, 5.74) is 2.22. The molecule has 0 amide bonds. The van der Waals surface area contributed by atoms with Gasteiger partial charge in [0.1, 0.15) is 0 Å². The molecule has 0 spiro atoms. The molecule has 0 unspecified atom stereocenters. The third-order valence-electron chi connectivity index (χ3n) is 4.18. The number of aliphatic carboxylic acids is 1. The van der Waals surface area contributed by atoms with Crippen LogP contribution in [0.3, 0.4) is 0 Å². The lowest BCUT2D eigenvalue weighted by atomic mass is 9.66. The van der Waals surface area contributed by atoms with Gasteiger partial charge in [0.05, 0.1) is 18.4 Å². The molecule has 4 atom stereocenters. The molecule has 4 heteroatoms. The third kappa shape index (κ3) is 1.36. The van der Waals surface area contributed by atoms with Crippen LogP contribution in [0.5, 0.6) is 0 Å². The molecule has 88 valence electrons. The quantitative estimate of drug-likeness (QED) is 0.541. The van der Waals surface area contributed by atoms with E-state index in [-0.39, 0.29) is 17.8 Å². The Balaban J connectivity index is 2.48. The molecule has 16 heavy (non-hydrogen) atoms. The van der Waals surface area contributed by atoms with Gasteiger partial charge in [-0.1, -0.05) is 18.1 Å². The first-order valence-corrected chi connectivity index (χ1v) is 5.51. The van der Waals surface area contributed by atoms with Crippen molar-refractivity contribution in [1.82, 2.24) is 0 Å². The molecule has 1 N–H and O–H groups in total. The summed E-state index contributed by atoms with van der Waals surface area (Å²) >= 11 is 0. The average Bonchev–Trinajstić information content (AvgIpc) is 2.58. The number of hydrogen-bond donors (Lipinski definition) is 1. The largest absolute Gasteiger partial charge is 0.481 e. The second kappa shape index (κ2) is 3.61. The van der Waals surface area contributed by atoms with Gasteiger partial charge in [-0.3, -0.25) is 9.59 Å². The van der Waals surface area contributed by atoms with Crippen LogP contribution < -0.4 is 0 Å². The molecule has 2 aliphatic rings. The predicted molar refractivity (Wildman–Crippen MR) is 56.6 cm³/mol. The smallest absolute Gasteiger partial charge is 0.310 e. The maximum atomic E-state index is 11.6. The van der Waals surface area contributed by atoms with E-state index < -0.39 is 17.8 Å². The molecule has 1 saturated heterocycles. The molecular formula is C12H16O4. The van der Waals surface area contributed by atoms with E-state index >= 15 is 0 Å². The Morgan fingerprint density at radius 3 is 2.56 bits per heavy atom. The molecule has 1 aliphatic heterocycles. The highest BCUT2D eigenvalue weighted by atomic mass is 16.5. The van der Waals surface area contributed by atoms with Crippen LogP contribution in [0.15, 0.2) is 11.1 Å². The van der Waals surface area contributed by atoms with Crippen LogP contribution in [0.25, 0.3) is 0 Å². The number of rotatable bonds is 1. The molecular weight excluding hydrogens is 208 g/mol. The van der Waals surface area contributed by atoms with Crippen LogP contribution >= 0.6 is 0 Å². The van der Waals surface area contributed by atoms with Crippen molar-refractivity contribution in [2.75, 3.05) is 6.61 Å². The lowest BCUT2D eigenvalue weighted by molar-refractivity contribution is -0.153. The zero-order valence-electron chi connectivity index (χ0n) is 9.69. The summed E-state index contributed by atoms with van der Waals surface area (Å²) in [6.07, 6.45) is 0. The SMILES string of the molecule is CC1=C(C)[C@@H]2COC(=O)[C@@H]2[C@@H](C(=O)O)[C@H]1C. The zero-order valence-corrected chi connectivity index (χ0v) is 9.69. The second-order valence-electron chi connectivity index (χ2n) is 4.78. The number of carboxylic acid groups (broad SMARTS) is 1. The Hall–Kier alpha value is -1.32. The van der Waals surface area contributed by atoms with E-state index in [9.17, 15) is 14.7 Å². The fraction of sp³-hybridized carbons (Fsp3) is 0.667. The van der Waals surface area contributed by atoms with E-state index in [0.29, 0.717) is 6.61 Å². The Morgan fingerprint density at radius 1 is 1.38 bits per heavy atom. The first-order chi connectivity index (χ1) is 7.45. The Kier molecular flexibility index (Phi) is 2.52. The third-order valence-corrected chi connectivity index (χ3v) is 4.18. The number of carboxylic acids is 1. The molecule has 1 heterocycles. The first kappa shape index (κ1) is 11.2. The topological polar surface area (TPSA) is 63.6 Å². The fourth-order valence-electron chi connectivity index (χ4n) is 2.93. The molecule has 1 aliphatic carbocycles. The van der Waals surface area contributed by atoms with Crippen LogP contribution in [0.2, 0.25) is 0 Å². The van der Waals surface area contributed by atoms with E-state index in [1.807, 2.05) is 20.8 Å². The molecule has 0 aromatic carbocycles. The van der Waals surface area contributed by atoms with Crippen molar-refractivity contribution < 1.29 is 19.4 Å². The van der Waals surface area contributed by atoms with E-state index in [2.05, 4.69) is 0 Å². The normalized spacial score (nSPS) is 38.3. The zero-order chi connectivity index (χ0) is 12.0. The van der Waals surface area contributed by atoms with Crippen LogP contribution in [-0.2, 0) is 14.3 Å². The number of carbonyl (C=O) groups is 2. The van der Waals surface area contributed by atoms with Crippen molar-refractivity contribution >= 4 is 11.9 Å². The van der Waals surface area contributed by atoms with Crippen molar-refractivity contribution in [3.63, 3.8) is 0 Å². The molecule has 1 fully saturated rings. The summed E-state index contributed by atoms with van der Waals surface area (Å²) in [6, 6.07) is 0. The monoisotopic (exact) mass is 224 g/mol. The lowest BCUT2D eigenvalue weighted by Crippen LogP contribution is -2.40. The second-order valence-corrected chi connectivity index (χ2v) is 4.78. The summed E-state index contributed by atoms with van der Waals surface area (Å²) in [4.78, 5) is 22.9. The van der Waals surface area contributed by atoms with Crippen LogP contribution in [0.4, 0.5) is 0 Å². The fourth-order valence-corrected chi connectivity index (χ4v) is 2.93. The summed E-state index contributed by atoms with van der Waals surface area (Å²) < 4.78 is 5.01. The minimum atomic E-state index is -0.895. The minimum absolute atomic E-state index is 0.0372. The van der Waals surface area contributed by atoms with Crippen molar-refractivity contribution in [2.45, 2.75) is 20.8 Å². The van der Waals surface area contributed by atoms with Gasteiger partial charge >= 0.3 is 11.9 Å². The van der Waals surface area contributed by atoms with Crippen molar-refractivity contribution in [3.8, 4) is 0 Å². The lowest BCUT2D eigenvalue weighted by Gasteiger charge is -2.35. The van der Waals surface area contributed by atoms with Crippen LogP contribution in [0.1, 0.15) is 20.8 Å². The molecule has 0 aromatic heterocycles. The first-order valence-electron chi connectivity index (χ1n) is 5.51. The summed E-state index contributed by atoms with van der Waals surface area (Å²) in [7, 11) is 0. The summed E-state index contributed by atoms with van der Waals surface area (Å²) in [5, 5.41) is 9.25. The number of carbonyl (C=O) groups excluding carboxylic acids is 1. The van der Waals surface area contributed by atoms with E-state index in [4.69, 9.17) is 4.74 Å². The molecule has 0 bridgehead atoms. The highest BCUT2D eigenvalue weighted by Gasteiger charge is 2.51. The number of esters is 1. The molecule has 0 saturated carbocycles. The van der Waals surface area contributed by atoms with Gasteiger partial charge in [-0.15, -0.1) is 0 Å². The summed E-state index contributed by atoms with van der Waals surface area (Å²) in [6.45, 7) is 6.14. The molecule has 2 rings (SSSR count). The van der Waals surface area contributed by atoms with E-state index in [1.54, 1.807) is 0 Å². The van der Waals surface area contributed by atoms with Gasteiger partial charge in [-0.2, -0.15) is 0 Å². The number of ether oxygens (including phenoxy) is 1. The van der Waals surface area contributed by atoms with Gasteiger partial charge in [0.25, 0.3) is 0 Å². The number of hydrogen-bond acceptors (Lipinski definition) is 3. The van der Waals surface area contributed by atoms with Crippen molar-refractivity contribution in [2.24, 2.45) is 23.7 Å². The number of fused-ring (bicyclic) bond motifs is 1. The number of allylic oxidation sites excluding steroid dienone is 1. The minimum Gasteiger partial charge on any atom is -0.481 e. The predicted octanol–water partition coefficient (Wildman–Crippen LogP) is 1.46. The Labute approximate surface area is 94.3 Å². The highest BCUT2D eigenvalue weighted by Crippen LogP contribution is 2.45.